The molecule has 0 aliphatic rings. The van der Waals surface area contributed by atoms with E-state index in [1.54, 1.807) is 12.1 Å². The number of phenols is 1. The number of hydrogen-bond acceptors (Lipinski definition) is 2. The largest absolute Gasteiger partial charge is 0.506 e. The average molecular weight is 234 g/mol. The van der Waals surface area contributed by atoms with Crippen molar-refractivity contribution in [1.82, 2.24) is 0 Å². The van der Waals surface area contributed by atoms with Gasteiger partial charge in [-0.1, -0.05) is 27.5 Å². The first kappa shape index (κ1) is 8.56. The average Bonchev–Trinajstić information content (AvgIpc) is 1.96. The lowest BCUT2D eigenvalue weighted by Crippen LogP contribution is -1.81. The normalized spacial score (nSPS) is 9.64. The van der Waals surface area contributed by atoms with Gasteiger partial charge in [0.05, 0.1) is 5.02 Å². The van der Waals surface area contributed by atoms with E-state index in [1.807, 2.05) is 0 Å². The Hall–Kier alpha value is -0.540. The summed E-state index contributed by atoms with van der Waals surface area (Å²) in [6.45, 7) is 0. The minimum atomic E-state index is -0.0510. The molecule has 0 spiro atoms. The Morgan fingerprint density at radius 1 is 1.55 bits per heavy atom. The van der Waals surface area contributed by atoms with E-state index < -0.39 is 0 Å². The van der Waals surface area contributed by atoms with E-state index in [0.717, 1.165) is 10.7 Å². The molecule has 0 atom stereocenters. The van der Waals surface area contributed by atoms with E-state index in [4.69, 9.17) is 17.0 Å². The van der Waals surface area contributed by atoms with Crippen LogP contribution in [0.5, 0.6) is 5.75 Å². The summed E-state index contributed by atoms with van der Waals surface area (Å²) in [5.74, 6) is -0.0510. The van der Waals surface area contributed by atoms with E-state index in [-0.39, 0.29) is 10.8 Å². The summed E-state index contributed by atoms with van der Waals surface area (Å²) >= 11 is 8.80. The summed E-state index contributed by atoms with van der Waals surface area (Å²) < 4.78 is 0.749. The van der Waals surface area contributed by atoms with Gasteiger partial charge < -0.3 is 10.5 Å². The summed E-state index contributed by atoms with van der Waals surface area (Å²) in [5.41, 5.74) is 0.407. The number of halogens is 2. The molecule has 0 aliphatic carbocycles. The maximum atomic E-state index is 9.22. The highest BCUT2D eigenvalue weighted by Gasteiger charge is 2.04. The molecule has 1 rings (SSSR count). The fourth-order valence-electron chi connectivity index (χ4n) is 0.696. The molecule has 0 fully saturated rings. The summed E-state index contributed by atoms with van der Waals surface area (Å²) in [4.78, 5) is 0. The van der Waals surface area contributed by atoms with Crippen molar-refractivity contribution in [2.45, 2.75) is 0 Å². The van der Waals surface area contributed by atoms with Crippen LogP contribution in [0.1, 0.15) is 5.56 Å². The van der Waals surface area contributed by atoms with Crippen LogP contribution in [0.3, 0.4) is 0 Å². The van der Waals surface area contributed by atoms with Gasteiger partial charge in [-0.3, -0.25) is 0 Å². The summed E-state index contributed by atoms with van der Waals surface area (Å²) in [7, 11) is 0. The molecular weight excluding hydrogens is 229 g/mol. The van der Waals surface area contributed by atoms with Gasteiger partial charge in [-0.15, -0.1) is 0 Å². The molecular formula is C7H5BrClNO. The first-order valence-corrected chi connectivity index (χ1v) is 4.00. The minimum absolute atomic E-state index is 0.0510. The van der Waals surface area contributed by atoms with Gasteiger partial charge in [-0.2, -0.15) is 0 Å². The van der Waals surface area contributed by atoms with Gasteiger partial charge in [0.1, 0.15) is 5.75 Å². The zero-order valence-corrected chi connectivity index (χ0v) is 7.78. The van der Waals surface area contributed by atoms with E-state index in [2.05, 4.69) is 15.9 Å². The van der Waals surface area contributed by atoms with Gasteiger partial charge in [-0.25, -0.2) is 0 Å². The van der Waals surface area contributed by atoms with E-state index in [1.165, 1.54) is 0 Å². The fraction of sp³-hybridized carbons (Fsp3) is 0. The summed E-state index contributed by atoms with van der Waals surface area (Å²) in [6, 6.07) is 3.19. The number of phenolic OH excluding ortho intramolecular Hbond substituents is 1. The molecule has 11 heavy (non-hydrogen) atoms. The molecule has 0 saturated carbocycles. The lowest BCUT2D eigenvalue weighted by atomic mass is 10.2. The molecule has 0 amide bonds. The van der Waals surface area contributed by atoms with Crippen molar-refractivity contribution < 1.29 is 5.11 Å². The zero-order chi connectivity index (χ0) is 8.43. The van der Waals surface area contributed by atoms with E-state index >= 15 is 0 Å². The van der Waals surface area contributed by atoms with Crippen LogP contribution >= 0.6 is 27.5 Å². The predicted molar refractivity (Wildman–Crippen MR) is 48.7 cm³/mol. The molecule has 2 nitrogen and oxygen atoms in total. The van der Waals surface area contributed by atoms with Crippen LogP contribution in [0.4, 0.5) is 0 Å². The molecule has 58 valence electrons. The molecule has 0 bridgehead atoms. The van der Waals surface area contributed by atoms with Crippen LogP contribution in [0.2, 0.25) is 5.02 Å². The summed E-state index contributed by atoms with van der Waals surface area (Å²) in [5, 5.41) is 16.4. The van der Waals surface area contributed by atoms with Crippen molar-refractivity contribution in [2.24, 2.45) is 0 Å². The molecule has 0 saturated heterocycles. The van der Waals surface area contributed by atoms with Gasteiger partial charge in [0.2, 0.25) is 0 Å². The van der Waals surface area contributed by atoms with Gasteiger partial charge in [0, 0.05) is 16.3 Å². The molecule has 0 aromatic heterocycles. The van der Waals surface area contributed by atoms with Gasteiger partial charge >= 0.3 is 0 Å². The number of rotatable bonds is 1. The Morgan fingerprint density at radius 3 is 2.73 bits per heavy atom. The quantitative estimate of drug-likeness (QED) is 0.721. The molecule has 1 aromatic carbocycles. The Morgan fingerprint density at radius 2 is 2.18 bits per heavy atom. The zero-order valence-electron chi connectivity index (χ0n) is 5.44. The van der Waals surface area contributed by atoms with Crippen molar-refractivity contribution in [2.75, 3.05) is 0 Å². The molecule has 0 radical (unpaired) electrons. The lowest BCUT2D eigenvalue weighted by Gasteiger charge is -2.00. The van der Waals surface area contributed by atoms with Gasteiger partial charge in [-0.05, 0) is 12.1 Å². The standard InChI is InChI=1S/C7H5BrClNO/c8-5-1-4(3-10)7(11)6(9)2-5/h1-3,10-11H. The second-order valence-corrected chi connectivity index (χ2v) is 3.29. The van der Waals surface area contributed by atoms with Crippen LogP contribution in [-0.4, -0.2) is 11.3 Å². The second kappa shape index (κ2) is 3.24. The monoisotopic (exact) mass is 233 g/mol. The van der Waals surface area contributed by atoms with Gasteiger partial charge in [0.25, 0.3) is 0 Å². The van der Waals surface area contributed by atoms with Crippen molar-refractivity contribution in [3.8, 4) is 5.75 Å². The molecule has 4 heteroatoms. The van der Waals surface area contributed by atoms with Crippen LogP contribution in [0, 0.1) is 5.41 Å². The summed E-state index contributed by atoms with van der Waals surface area (Å²) in [6.07, 6.45) is 1.05. The second-order valence-electron chi connectivity index (χ2n) is 1.97. The highest BCUT2D eigenvalue weighted by atomic mass is 79.9. The molecule has 0 aliphatic heterocycles. The van der Waals surface area contributed by atoms with Gasteiger partial charge in [0.15, 0.2) is 0 Å². The SMILES string of the molecule is N=Cc1cc(Br)cc(Cl)c1O. The molecule has 1 aromatic rings. The molecule has 0 heterocycles. The lowest BCUT2D eigenvalue weighted by molar-refractivity contribution is 0.474. The number of nitrogens with one attached hydrogen (secondary N) is 1. The van der Waals surface area contributed by atoms with Crippen LogP contribution in [-0.2, 0) is 0 Å². The van der Waals surface area contributed by atoms with Crippen molar-refractivity contribution in [3.63, 3.8) is 0 Å². The molecule has 0 unspecified atom stereocenters. The van der Waals surface area contributed by atoms with E-state index in [0.29, 0.717) is 5.56 Å². The van der Waals surface area contributed by atoms with E-state index in [9.17, 15) is 5.11 Å². The first-order valence-electron chi connectivity index (χ1n) is 2.83. The number of hydrogen-bond donors (Lipinski definition) is 2. The Balaban J connectivity index is 3.35. The van der Waals surface area contributed by atoms with Crippen molar-refractivity contribution in [1.29, 1.82) is 5.41 Å². The molecule has 2 N–H and O–H groups in total. The third-order valence-corrected chi connectivity index (χ3v) is 1.96. The Kier molecular flexibility index (Phi) is 2.52. The van der Waals surface area contributed by atoms with Crippen LogP contribution in [0.15, 0.2) is 16.6 Å². The third-order valence-electron chi connectivity index (χ3n) is 1.21. The topological polar surface area (TPSA) is 44.1 Å². The van der Waals surface area contributed by atoms with Crippen LogP contribution < -0.4 is 0 Å². The predicted octanol–water partition coefficient (Wildman–Crippen LogP) is 2.81. The number of benzene rings is 1. The highest BCUT2D eigenvalue weighted by Crippen LogP contribution is 2.29. The van der Waals surface area contributed by atoms with Crippen molar-refractivity contribution in [3.05, 3.63) is 27.2 Å². The maximum absolute atomic E-state index is 9.22. The third kappa shape index (κ3) is 1.73. The number of aromatic hydroxyl groups is 1. The minimum Gasteiger partial charge on any atom is -0.506 e. The fourth-order valence-corrected chi connectivity index (χ4v) is 1.53. The Bertz CT molecular complexity index is 301. The highest BCUT2D eigenvalue weighted by molar-refractivity contribution is 9.10. The van der Waals surface area contributed by atoms with Crippen molar-refractivity contribution >= 4 is 33.7 Å². The smallest absolute Gasteiger partial charge is 0.142 e. The maximum Gasteiger partial charge on any atom is 0.142 e. The first-order chi connectivity index (χ1) is 5.15. The Labute approximate surface area is 77.4 Å². The van der Waals surface area contributed by atoms with Crippen LogP contribution in [0.25, 0.3) is 0 Å².